The zero-order valence-corrected chi connectivity index (χ0v) is 22.2. The Morgan fingerprint density at radius 3 is 2.47 bits per heavy atom. The largest absolute Gasteiger partial charge is 0.375 e. The second-order valence-corrected chi connectivity index (χ2v) is 10.8. The predicted octanol–water partition coefficient (Wildman–Crippen LogP) is 7.04. The van der Waals surface area contributed by atoms with E-state index in [0.717, 1.165) is 26.4 Å². The van der Waals surface area contributed by atoms with Crippen molar-refractivity contribution in [2.24, 2.45) is 0 Å². The number of halogens is 1. The molecule has 0 aromatic heterocycles. The molecule has 36 heavy (non-hydrogen) atoms. The summed E-state index contributed by atoms with van der Waals surface area (Å²) < 4.78 is 0.741. The van der Waals surface area contributed by atoms with Crippen molar-refractivity contribution in [3.63, 3.8) is 0 Å². The molecule has 0 saturated heterocycles. The Bertz CT molecular complexity index is 1510. The lowest BCUT2D eigenvalue weighted by molar-refractivity contribution is -0.136. The van der Waals surface area contributed by atoms with Gasteiger partial charge in [-0.15, -0.1) is 0 Å². The van der Waals surface area contributed by atoms with Gasteiger partial charge in [-0.05, 0) is 64.6 Å². The van der Waals surface area contributed by atoms with Crippen LogP contribution in [-0.2, 0) is 16.9 Å². The van der Waals surface area contributed by atoms with E-state index < -0.39 is 11.5 Å². The fourth-order valence-corrected chi connectivity index (χ4v) is 5.30. The molecule has 1 N–H and O–H groups in total. The van der Waals surface area contributed by atoms with E-state index in [1.54, 1.807) is 17.0 Å². The molecular formula is C31H28BrNO3. The van der Waals surface area contributed by atoms with Crippen LogP contribution >= 0.6 is 15.9 Å². The number of nitrogens with zero attached hydrogens (tertiary/aromatic N) is 1. The highest BCUT2D eigenvalue weighted by molar-refractivity contribution is 9.10. The Morgan fingerprint density at radius 2 is 1.72 bits per heavy atom. The summed E-state index contributed by atoms with van der Waals surface area (Å²) in [5.74, 6) is -0.389. The molecule has 182 valence electrons. The van der Waals surface area contributed by atoms with Gasteiger partial charge in [0, 0.05) is 15.6 Å². The first-order valence-corrected chi connectivity index (χ1v) is 12.9. The summed E-state index contributed by atoms with van der Waals surface area (Å²) in [5, 5.41) is 13.8. The number of fused-ring (bicyclic) bond motifs is 2. The number of benzene rings is 4. The third kappa shape index (κ3) is 4.27. The molecule has 5 rings (SSSR count). The van der Waals surface area contributed by atoms with Crippen LogP contribution in [0.25, 0.3) is 10.8 Å². The molecule has 1 heterocycles. The second-order valence-electron chi connectivity index (χ2n) is 9.92. The van der Waals surface area contributed by atoms with Gasteiger partial charge in [0.25, 0.3) is 5.91 Å². The van der Waals surface area contributed by atoms with Gasteiger partial charge in [0.05, 0.1) is 18.7 Å². The van der Waals surface area contributed by atoms with Crippen molar-refractivity contribution in [3.05, 3.63) is 111 Å². The van der Waals surface area contributed by atoms with Crippen LogP contribution in [0.4, 0.5) is 5.69 Å². The fourth-order valence-electron chi connectivity index (χ4n) is 4.94. The van der Waals surface area contributed by atoms with Gasteiger partial charge in [-0.1, -0.05) is 84.4 Å². The van der Waals surface area contributed by atoms with Gasteiger partial charge in [0.2, 0.25) is 0 Å². The number of amides is 1. The molecule has 4 aromatic rings. The predicted molar refractivity (Wildman–Crippen MR) is 147 cm³/mol. The van der Waals surface area contributed by atoms with Gasteiger partial charge in [-0.3, -0.25) is 9.59 Å². The molecule has 4 nitrogen and oxygen atoms in total. The number of anilines is 1. The number of hydrogen-bond acceptors (Lipinski definition) is 3. The molecule has 1 amide bonds. The van der Waals surface area contributed by atoms with E-state index in [-0.39, 0.29) is 12.2 Å². The summed E-state index contributed by atoms with van der Waals surface area (Å²) in [7, 11) is 0. The van der Waals surface area contributed by atoms with Gasteiger partial charge in [0.1, 0.15) is 0 Å². The van der Waals surface area contributed by atoms with Crippen LogP contribution in [0.5, 0.6) is 0 Å². The fraction of sp³-hybridized carbons (Fsp3) is 0.226. The number of ketones is 1. The number of aryl methyl sites for hydroxylation is 1. The number of carbonyl (C=O) groups excluding carboxylic acids is 2. The number of carbonyl (C=O) groups is 2. The molecule has 0 unspecified atom stereocenters. The highest BCUT2D eigenvalue weighted by atomic mass is 79.9. The number of Topliss-reactive ketones (excluding diaryl/α,β-unsaturated/α-hetero) is 1. The van der Waals surface area contributed by atoms with E-state index >= 15 is 0 Å². The molecule has 0 spiro atoms. The van der Waals surface area contributed by atoms with Crippen molar-refractivity contribution < 1.29 is 14.7 Å². The maximum Gasteiger partial charge on any atom is 0.264 e. The Morgan fingerprint density at radius 1 is 0.972 bits per heavy atom. The minimum Gasteiger partial charge on any atom is -0.375 e. The molecular weight excluding hydrogens is 514 g/mol. The Balaban J connectivity index is 1.51. The van der Waals surface area contributed by atoms with Gasteiger partial charge in [0.15, 0.2) is 11.4 Å². The minimum absolute atomic E-state index is 0.276. The lowest BCUT2D eigenvalue weighted by Gasteiger charge is -2.24. The third-order valence-electron chi connectivity index (χ3n) is 7.15. The summed E-state index contributed by atoms with van der Waals surface area (Å²) >= 11 is 3.47. The molecule has 5 heteroatoms. The SMILES string of the molecule is Cc1ccc(C(C)C)cc1CN1C(=O)[C@@](O)(CC(=O)c2ccc3ccccc3c2)c2cc(Br)ccc21. The molecule has 0 aliphatic carbocycles. The Hall–Kier alpha value is -3.28. The zero-order chi connectivity index (χ0) is 25.6. The van der Waals surface area contributed by atoms with Crippen molar-refractivity contribution in [2.75, 3.05) is 4.90 Å². The summed E-state index contributed by atoms with van der Waals surface area (Å²) in [6.07, 6.45) is -0.324. The lowest BCUT2D eigenvalue weighted by atomic mass is 9.87. The van der Waals surface area contributed by atoms with E-state index in [1.165, 1.54) is 5.56 Å². The van der Waals surface area contributed by atoms with Gasteiger partial charge in [-0.25, -0.2) is 0 Å². The number of rotatable bonds is 6. The van der Waals surface area contributed by atoms with Crippen LogP contribution in [0.2, 0.25) is 0 Å². The highest BCUT2D eigenvalue weighted by Crippen LogP contribution is 2.45. The third-order valence-corrected chi connectivity index (χ3v) is 7.64. The Labute approximate surface area is 219 Å². The number of aliphatic hydroxyl groups is 1. The Kier molecular flexibility index (Phi) is 6.31. The minimum atomic E-state index is -1.94. The van der Waals surface area contributed by atoms with Gasteiger partial charge >= 0.3 is 0 Å². The van der Waals surface area contributed by atoms with E-state index in [2.05, 4.69) is 48.0 Å². The molecule has 4 aromatic carbocycles. The maximum atomic E-state index is 13.8. The van der Waals surface area contributed by atoms with Gasteiger partial charge < -0.3 is 10.0 Å². The molecule has 0 fully saturated rings. The van der Waals surface area contributed by atoms with Crippen LogP contribution in [-0.4, -0.2) is 16.8 Å². The summed E-state index contributed by atoms with van der Waals surface area (Å²) in [5.41, 5.74) is 2.92. The van der Waals surface area contributed by atoms with Crippen LogP contribution in [0, 0.1) is 6.92 Å². The first-order valence-electron chi connectivity index (χ1n) is 12.1. The molecule has 1 atom stereocenters. The van der Waals surface area contributed by atoms with Crippen molar-refractivity contribution in [2.45, 2.75) is 45.3 Å². The van der Waals surface area contributed by atoms with Crippen LogP contribution in [0.1, 0.15) is 58.8 Å². The number of hydrogen-bond donors (Lipinski definition) is 1. The van der Waals surface area contributed by atoms with E-state index in [4.69, 9.17) is 0 Å². The standard InChI is InChI=1S/C31H28BrNO3/c1-19(2)22-9-8-20(3)25(14-22)18-33-28-13-12-26(32)16-27(28)31(36,30(33)35)17-29(34)24-11-10-21-6-4-5-7-23(21)15-24/h4-16,19,36H,17-18H2,1-3H3/t31-/m1/s1. The summed E-state index contributed by atoms with van der Waals surface area (Å²) in [6.45, 7) is 6.63. The monoisotopic (exact) mass is 541 g/mol. The normalized spacial score (nSPS) is 17.2. The highest BCUT2D eigenvalue weighted by Gasteiger charge is 2.51. The smallest absolute Gasteiger partial charge is 0.264 e. The van der Waals surface area contributed by atoms with Gasteiger partial charge in [-0.2, -0.15) is 0 Å². The van der Waals surface area contributed by atoms with E-state index in [9.17, 15) is 14.7 Å². The van der Waals surface area contributed by atoms with Crippen molar-refractivity contribution >= 4 is 44.1 Å². The molecule has 0 saturated carbocycles. The maximum absolute atomic E-state index is 13.8. The van der Waals surface area contributed by atoms with Crippen LogP contribution in [0.3, 0.4) is 0 Å². The average molecular weight is 542 g/mol. The van der Waals surface area contributed by atoms with Crippen LogP contribution < -0.4 is 4.90 Å². The van der Waals surface area contributed by atoms with E-state index in [0.29, 0.717) is 29.3 Å². The summed E-state index contributed by atoms with van der Waals surface area (Å²) in [6, 6.07) is 25.0. The first kappa shape index (κ1) is 24.4. The molecule has 0 radical (unpaired) electrons. The molecule has 1 aliphatic rings. The quantitative estimate of drug-likeness (QED) is 0.266. The second kappa shape index (κ2) is 9.30. The average Bonchev–Trinajstić information content (AvgIpc) is 3.06. The molecule has 0 bridgehead atoms. The lowest BCUT2D eigenvalue weighted by Crippen LogP contribution is -2.41. The zero-order valence-electron chi connectivity index (χ0n) is 20.6. The van der Waals surface area contributed by atoms with Crippen molar-refractivity contribution in [3.8, 4) is 0 Å². The topological polar surface area (TPSA) is 57.6 Å². The summed E-state index contributed by atoms with van der Waals surface area (Å²) in [4.78, 5) is 28.8. The molecule has 1 aliphatic heterocycles. The van der Waals surface area contributed by atoms with Crippen molar-refractivity contribution in [1.82, 2.24) is 0 Å². The van der Waals surface area contributed by atoms with Crippen molar-refractivity contribution in [1.29, 1.82) is 0 Å². The van der Waals surface area contributed by atoms with Crippen LogP contribution in [0.15, 0.2) is 83.3 Å². The first-order chi connectivity index (χ1) is 17.2. The van der Waals surface area contributed by atoms with E-state index in [1.807, 2.05) is 55.5 Å².